The molecule has 0 radical (unpaired) electrons. The molecule has 1 nitrogen and oxygen atoms in total. The van der Waals surface area contributed by atoms with Crippen LogP contribution in [0.1, 0.15) is 10.4 Å². The maximum absolute atomic E-state index is 12.3. The molecule has 1 aromatic carbocycles. The van der Waals surface area contributed by atoms with Crippen molar-refractivity contribution in [3.63, 3.8) is 0 Å². The molecule has 0 heterocycles. The quantitative estimate of drug-likeness (QED) is 0.554. The van der Waals surface area contributed by atoms with Gasteiger partial charge in [0.05, 0.1) is 0 Å². The highest BCUT2D eigenvalue weighted by atomic mass is 35.5. The van der Waals surface area contributed by atoms with Crippen molar-refractivity contribution in [1.82, 2.24) is 0 Å². The molecule has 0 unspecified atom stereocenters. The van der Waals surface area contributed by atoms with Gasteiger partial charge in [0.15, 0.2) is 6.29 Å². The average molecular weight is 267 g/mol. The SMILES string of the molecule is O=Cc1cc(Cl)ccc1S(F)(F)(F)(F)F. The first-order chi connectivity index (χ1) is 6.44. The third-order valence-corrected chi connectivity index (χ3v) is 2.95. The van der Waals surface area contributed by atoms with Crippen LogP contribution in [-0.2, 0) is 0 Å². The van der Waals surface area contributed by atoms with Crippen molar-refractivity contribution in [3.8, 4) is 0 Å². The minimum atomic E-state index is -9.82. The Labute approximate surface area is 86.6 Å². The van der Waals surface area contributed by atoms with Gasteiger partial charge in [-0.1, -0.05) is 31.0 Å². The van der Waals surface area contributed by atoms with Crippen LogP contribution in [0.2, 0.25) is 5.02 Å². The smallest absolute Gasteiger partial charge is 0.298 e. The zero-order valence-electron chi connectivity index (χ0n) is 6.89. The monoisotopic (exact) mass is 266 g/mol. The molecule has 0 aliphatic rings. The summed E-state index contributed by atoms with van der Waals surface area (Å²) in [5, 5.41) is -0.220. The van der Waals surface area contributed by atoms with Crippen LogP contribution >= 0.6 is 21.8 Å². The van der Waals surface area contributed by atoms with E-state index in [1.807, 2.05) is 0 Å². The number of halogens is 6. The third-order valence-electron chi connectivity index (χ3n) is 1.51. The summed E-state index contributed by atoms with van der Waals surface area (Å²) in [5.41, 5.74) is -1.17. The fourth-order valence-electron chi connectivity index (χ4n) is 0.963. The Morgan fingerprint density at radius 3 is 2.07 bits per heavy atom. The van der Waals surface area contributed by atoms with Crippen LogP contribution in [-0.4, -0.2) is 6.29 Å². The number of hydrogen-bond donors (Lipinski definition) is 0. The Kier molecular flexibility index (Phi) is 2.16. The standard InChI is InChI=1S/C7H4ClF5OS/c8-6-1-2-7(5(3-6)4-14)15(9,10,11,12)13/h1-4H. The molecule has 0 saturated heterocycles. The van der Waals surface area contributed by atoms with Crippen molar-refractivity contribution in [3.05, 3.63) is 28.8 Å². The van der Waals surface area contributed by atoms with E-state index in [1.54, 1.807) is 0 Å². The third kappa shape index (κ3) is 2.82. The van der Waals surface area contributed by atoms with E-state index in [2.05, 4.69) is 0 Å². The van der Waals surface area contributed by atoms with E-state index in [0.29, 0.717) is 12.1 Å². The molecule has 0 amide bonds. The molecule has 0 aromatic heterocycles. The molecule has 86 valence electrons. The molecule has 0 atom stereocenters. The van der Waals surface area contributed by atoms with Crippen LogP contribution < -0.4 is 0 Å². The molecule has 0 bridgehead atoms. The topological polar surface area (TPSA) is 17.1 Å². The van der Waals surface area contributed by atoms with Crippen LogP contribution in [0.3, 0.4) is 0 Å². The molecule has 0 aliphatic carbocycles. The van der Waals surface area contributed by atoms with Crippen LogP contribution in [0.5, 0.6) is 0 Å². The lowest BCUT2D eigenvalue weighted by Crippen LogP contribution is -2.09. The van der Waals surface area contributed by atoms with Crippen molar-refractivity contribution in [2.45, 2.75) is 4.90 Å². The van der Waals surface area contributed by atoms with E-state index < -0.39 is 20.7 Å². The summed E-state index contributed by atoms with van der Waals surface area (Å²) in [4.78, 5) is 8.02. The Morgan fingerprint density at radius 2 is 1.67 bits per heavy atom. The lowest BCUT2D eigenvalue weighted by atomic mass is 10.2. The molecule has 0 spiro atoms. The maximum Gasteiger partial charge on any atom is 0.311 e. The van der Waals surface area contributed by atoms with Crippen molar-refractivity contribution in [2.24, 2.45) is 0 Å². The van der Waals surface area contributed by atoms with Gasteiger partial charge in [0.1, 0.15) is 4.90 Å². The van der Waals surface area contributed by atoms with Gasteiger partial charge in [0.2, 0.25) is 0 Å². The number of hydrogen-bond acceptors (Lipinski definition) is 1. The Morgan fingerprint density at radius 1 is 1.13 bits per heavy atom. The van der Waals surface area contributed by atoms with E-state index in [0.717, 1.165) is 0 Å². The normalized spacial score (nSPS) is 16.7. The minimum absolute atomic E-state index is 0.105. The summed E-state index contributed by atoms with van der Waals surface area (Å²) in [6.45, 7) is 0. The zero-order chi connectivity index (χ0) is 12.0. The molecule has 0 aliphatic heterocycles. The highest BCUT2D eigenvalue weighted by molar-refractivity contribution is 8.45. The second-order valence-corrected chi connectivity index (χ2v) is 5.58. The second-order valence-electron chi connectivity index (χ2n) is 2.77. The molecule has 15 heavy (non-hydrogen) atoms. The molecular formula is C7H4ClF5OS. The fraction of sp³-hybridized carbons (Fsp3) is 0. The van der Waals surface area contributed by atoms with Crippen LogP contribution in [0, 0.1) is 0 Å². The second kappa shape index (κ2) is 2.65. The van der Waals surface area contributed by atoms with Gasteiger partial charge in [0, 0.05) is 10.6 Å². The van der Waals surface area contributed by atoms with E-state index in [4.69, 9.17) is 11.6 Å². The van der Waals surface area contributed by atoms with Crippen molar-refractivity contribution < 1.29 is 24.2 Å². The maximum atomic E-state index is 12.3. The van der Waals surface area contributed by atoms with Gasteiger partial charge in [-0.15, -0.1) is 0 Å². The molecule has 8 heteroatoms. The first-order valence-corrected chi connectivity index (χ1v) is 5.76. The van der Waals surface area contributed by atoms with Gasteiger partial charge in [-0.25, -0.2) is 0 Å². The van der Waals surface area contributed by atoms with E-state index in [-0.39, 0.29) is 17.4 Å². The number of carbonyl (C=O) groups is 1. The average Bonchev–Trinajstić information content (AvgIpc) is 1.99. The van der Waals surface area contributed by atoms with Gasteiger partial charge in [0.25, 0.3) is 0 Å². The summed E-state index contributed by atoms with van der Waals surface area (Å²) < 4.78 is 61.6. The molecule has 1 aromatic rings. The van der Waals surface area contributed by atoms with Gasteiger partial charge in [-0.05, 0) is 18.2 Å². The Balaban J connectivity index is 3.61. The zero-order valence-corrected chi connectivity index (χ0v) is 8.47. The fourth-order valence-corrected chi connectivity index (χ4v) is 2.02. The van der Waals surface area contributed by atoms with Crippen molar-refractivity contribution >= 4 is 28.1 Å². The van der Waals surface area contributed by atoms with Gasteiger partial charge >= 0.3 is 10.2 Å². The number of benzene rings is 1. The van der Waals surface area contributed by atoms with E-state index >= 15 is 0 Å². The summed E-state index contributed by atoms with van der Waals surface area (Å²) in [6.07, 6.45) is -0.306. The highest BCUT2D eigenvalue weighted by Crippen LogP contribution is 3.02. The summed E-state index contributed by atoms with van der Waals surface area (Å²) in [6, 6.07) is 1.30. The summed E-state index contributed by atoms with van der Waals surface area (Å²) in [7, 11) is -9.82. The van der Waals surface area contributed by atoms with Crippen LogP contribution in [0.15, 0.2) is 23.1 Å². The summed E-state index contributed by atoms with van der Waals surface area (Å²) in [5.74, 6) is 0. The number of carbonyl (C=O) groups excluding carboxylic acids is 1. The lowest BCUT2D eigenvalue weighted by molar-refractivity contribution is 0.111. The first-order valence-electron chi connectivity index (χ1n) is 3.43. The predicted octanol–water partition coefficient (Wildman–Crippen LogP) is 4.81. The Hall–Kier alpha value is -0.820. The van der Waals surface area contributed by atoms with Gasteiger partial charge in [-0.2, -0.15) is 0 Å². The Bertz CT molecular complexity index is 426. The van der Waals surface area contributed by atoms with E-state index in [9.17, 15) is 24.2 Å². The van der Waals surface area contributed by atoms with Gasteiger partial charge < -0.3 is 0 Å². The summed E-state index contributed by atoms with van der Waals surface area (Å²) >= 11 is 5.28. The first kappa shape index (κ1) is 12.3. The van der Waals surface area contributed by atoms with Crippen molar-refractivity contribution in [2.75, 3.05) is 0 Å². The van der Waals surface area contributed by atoms with Crippen LogP contribution in [0.25, 0.3) is 0 Å². The van der Waals surface area contributed by atoms with Crippen molar-refractivity contribution in [1.29, 1.82) is 0 Å². The highest BCUT2D eigenvalue weighted by Gasteiger charge is 2.66. The molecule has 0 fully saturated rings. The lowest BCUT2D eigenvalue weighted by Gasteiger charge is -2.41. The predicted molar refractivity (Wildman–Crippen MR) is 48.2 cm³/mol. The molecule has 0 saturated carbocycles. The van der Waals surface area contributed by atoms with Crippen LogP contribution in [0.4, 0.5) is 19.4 Å². The van der Waals surface area contributed by atoms with E-state index in [1.165, 1.54) is 0 Å². The minimum Gasteiger partial charge on any atom is -0.298 e. The largest absolute Gasteiger partial charge is 0.311 e. The van der Waals surface area contributed by atoms with Gasteiger partial charge in [-0.3, -0.25) is 4.79 Å². The number of rotatable bonds is 2. The molecule has 1 rings (SSSR count). The molecular weight excluding hydrogens is 263 g/mol. The molecule has 0 N–H and O–H groups in total. The number of aldehydes is 1.